The average Bonchev–Trinajstić information content (AvgIpc) is 3.08. The van der Waals surface area contributed by atoms with Gasteiger partial charge in [0.05, 0.1) is 24.1 Å². The number of nitriles is 1. The molecular formula is C20H14F2N4O4. The third-order valence-corrected chi connectivity index (χ3v) is 4.22. The molecule has 1 amide bonds. The smallest absolute Gasteiger partial charge is 0.305 e. The maximum absolute atomic E-state index is 14.0. The van der Waals surface area contributed by atoms with Crippen molar-refractivity contribution in [3.63, 3.8) is 0 Å². The maximum atomic E-state index is 14.0. The van der Waals surface area contributed by atoms with Crippen molar-refractivity contribution < 1.29 is 23.5 Å². The number of nitrogens with zero attached hydrogens (tertiary/aromatic N) is 2. The lowest BCUT2D eigenvalue weighted by Crippen LogP contribution is -2.30. The quantitative estimate of drug-likeness (QED) is 0.572. The van der Waals surface area contributed by atoms with Crippen LogP contribution in [0.25, 0.3) is 5.69 Å². The van der Waals surface area contributed by atoms with E-state index in [9.17, 15) is 23.2 Å². The van der Waals surface area contributed by atoms with E-state index < -0.39 is 41.5 Å². The standard InChI is InChI=1S/C20H14F2N4O4/c21-13-4-5-17(14(22)7-13)26-18(27)8-16(25-26)20(30)24-15(9-19(28)29)12-3-1-2-11(6-12)10-23/h1-8,15,25H,9H2,(H,24,30)(H,28,29)/t15-/m0/s1. The van der Waals surface area contributed by atoms with E-state index in [0.717, 1.165) is 22.9 Å². The van der Waals surface area contributed by atoms with Gasteiger partial charge in [-0.3, -0.25) is 19.5 Å². The molecule has 0 saturated carbocycles. The zero-order valence-electron chi connectivity index (χ0n) is 15.2. The summed E-state index contributed by atoms with van der Waals surface area (Å²) in [4.78, 5) is 36.0. The number of carboxylic acid groups (broad SMARTS) is 1. The number of halogens is 2. The number of rotatable bonds is 6. The predicted molar refractivity (Wildman–Crippen MR) is 99.9 cm³/mol. The van der Waals surface area contributed by atoms with Crippen molar-refractivity contribution in [3.8, 4) is 11.8 Å². The lowest BCUT2D eigenvalue weighted by molar-refractivity contribution is -0.137. The molecule has 1 atom stereocenters. The molecule has 0 aliphatic heterocycles. The molecule has 0 aliphatic carbocycles. The van der Waals surface area contributed by atoms with Crippen molar-refractivity contribution >= 4 is 11.9 Å². The van der Waals surface area contributed by atoms with E-state index in [4.69, 9.17) is 10.4 Å². The van der Waals surface area contributed by atoms with Crippen LogP contribution in [0.15, 0.2) is 53.3 Å². The summed E-state index contributed by atoms with van der Waals surface area (Å²) >= 11 is 0. The molecule has 3 N–H and O–H groups in total. The minimum atomic E-state index is -1.19. The molecule has 1 heterocycles. The van der Waals surface area contributed by atoms with Crippen molar-refractivity contribution in [3.05, 3.63) is 87.3 Å². The summed E-state index contributed by atoms with van der Waals surface area (Å²) in [5, 5.41) is 23.1. The van der Waals surface area contributed by atoms with Gasteiger partial charge in [0.2, 0.25) is 0 Å². The fraction of sp³-hybridized carbons (Fsp3) is 0.100. The second-order valence-electron chi connectivity index (χ2n) is 6.30. The maximum Gasteiger partial charge on any atom is 0.305 e. The number of benzene rings is 2. The average molecular weight is 412 g/mol. The van der Waals surface area contributed by atoms with E-state index in [2.05, 4.69) is 10.4 Å². The SMILES string of the molecule is N#Cc1cccc([C@H](CC(=O)O)NC(=O)c2cc(=O)n(-c3ccc(F)cc3F)[nH]2)c1. The third kappa shape index (κ3) is 4.41. The van der Waals surface area contributed by atoms with Gasteiger partial charge in [-0.05, 0) is 29.8 Å². The van der Waals surface area contributed by atoms with Gasteiger partial charge in [0.25, 0.3) is 11.5 Å². The van der Waals surface area contributed by atoms with Crippen LogP contribution >= 0.6 is 0 Å². The van der Waals surface area contributed by atoms with Crippen molar-refractivity contribution in [1.82, 2.24) is 15.1 Å². The largest absolute Gasteiger partial charge is 0.481 e. The Balaban J connectivity index is 1.90. The highest BCUT2D eigenvalue weighted by molar-refractivity contribution is 5.92. The van der Waals surface area contributed by atoms with E-state index in [1.807, 2.05) is 6.07 Å². The van der Waals surface area contributed by atoms with E-state index in [0.29, 0.717) is 11.6 Å². The number of H-pyrrole nitrogens is 1. The van der Waals surface area contributed by atoms with Gasteiger partial charge in [-0.15, -0.1) is 0 Å². The van der Waals surface area contributed by atoms with Crippen LogP contribution in [-0.4, -0.2) is 26.8 Å². The molecule has 30 heavy (non-hydrogen) atoms. The first-order valence-corrected chi connectivity index (χ1v) is 8.58. The molecule has 0 radical (unpaired) electrons. The highest BCUT2D eigenvalue weighted by atomic mass is 19.1. The van der Waals surface area contributed by atoms with Gasteiger partial charge in [0.1, 0.15) is 17.2 Å². The number of carbonyl (C=O) groups is 2. The summed E-state index contributed by atoms with van der Waals surface area (Å²) < 4.78 is 27.8. The molecule has 0 unspecified atom stereocenters. The number of aromatic amines is 1. The van der Waals surface area contributed by atoms with Crippen molar-refractivity contribution in [2.75, 3.05) is 0 Å². The van der Waals surface area contributed by atoms with Gasteiger partial charge in [-0.2, -0.15) is 5.26 Å². The number of hydrogen-bond donors (Lipinski definition) is 3. The number of carbonyl (C=O) groups excluding carboxylic acids is 1. The zero-order valence-corrected chi connectivity index (χ0v) is 15.2. The Morgan fingerprint density at radius 2 is 1.97 bits per heavy atom. The highest BCUT2D eigenvalue weighted by Crippen LogP contribution is 2.19. The Bertz CT molecular complexity index is 1230. The summed E-state index contributed by atoms with van der Waals surface area (Å²) in [5.74, 6) is -3.85. The summed E-state index contributed by atoms with van der Waals surface area (Å²) in [7, 11) is 0. The minimum absolute atomic E-state index is 0.254. The highest BCUT2D eigenvalue weighted by Gasteiger charge is 2.21. The molecule has 0 fully saturated rings. The monoisotopic (exact) mass is 412 g/mol. The normalized spacial score (nSPS) is 11.5. The van der Waals surface area contributed by atoms with Crippen molar-refractivity contribution in [1.29, 1.82) is 5.26 Å². The van der Waals surface area contributed by atoms with Crippen molar-refractivity contribution in [2.45, 2.75) is 12.5 Å². The summed E-state index contributed by atoms with van der Waals surface area (Å²) in [6.45, 7) is 0. The van der Waals surface area contributed by atoms with Gasteiger partial charge in [0, 0.05) is 12.1 Å². The Labute approximate surface area is 168 Å². The molecule has 0 saturated heterocycles. The first-order chi connectivity index (χ1) is 14.3. The van der Waals surface area contributed by atoms with E-state index in [-0.39, 0.29) is 16.9 Å². The molecule has 8 nitrogen and oxygen atoms in total. The number of aliphatic carboxylic acids is 1. The Morgan fingerprint density at radius 3 is 2.63 bits per heavy atom. The van der Waals surface area contributed by atoms with Crippen LogP contribution in [0, 0.1) is 23.0 Å². The van der Waals surface area contributed by atoms with Crippen molar-refractivity contribution in [2.24, 2.45) is 0 Å². The number of aromatic nitrogens is 2. The number of hydrogen-bond acceptors (Lipinski definition) is 4. The third-order valence-electron chi connectivity index (χ3n) is 4.22. The summed E-state index contributed by atoms with van der Waals surface area (Å²) in [6, 6.07) is 10.5. The van der Waals surface area contributed by atoms with Crippen LogP contribution in [0.2, 0.25) is 0 Å². The molecule has 10 heteroatoms. The molecule has 0 bridgehead atoms. The van der Waals surface area contributed by atoms with Crippen LogP contribution in [0.5, 0.6) is 0 Å². The van der Waals surface area contributed by atoms with Gasteiger partial charge in [0.15, 0.2) is 5.82 Å². The van der Waals surface area contributed by atoms with E-state index in [1.165, 1.54) is 12.1 Å². The topological polar surface area (TPSA) is 128 Å². The second kappa shape index (κ2) is 8.40. The molecular weight excluding hydrogens is 398 g/mol. The number of nitrogens with one attached hydrogen (secondary N) is 2. The molecule has 0 aliphatic rings. The van der Waals surface area contributed by atoms with Crippen LogP contribution in [0.4, 0.5) is 8.78 Å². The Morgan fingerprint density at radius 1 is 1.20 bits per heavy atom. The Hall–Kier alpha value is -4.26. The van der Waals surface area contributed by atoms with Crippen LogP contribution < -0.4 is 10.9 Å². The van der Waals surface area contributed by atoms with E-state index in [1.54, 1.807) is 12.1 Å². The fourth-order valence-electron chi connectivity index (χ4n) is 2.84. The number of amides is 1. The zero-order chi connectivity index (χ0) is 21.8. The summed E-state index contributed by atoms with van der Waals surface area (Å²) in [6.07, 6.45) is -0.474. The first-order valence-electron chi connectivity index (χ1n) is 8.58. The predicted octanol–water partition coefficient (Wildman–Crippen LogP) is 2.26. The molecule has 3 rings (SSSR count). The lowest BCUT2D eigenvalue weighted by atomic mass is 10.0. The van der Waals surface area contributed by atoms with Gasteiger partial charge < -0.3 is 10.4 Å². The van der Waals surface area contributed by atoms with Gasteiger partial charge in [-0.1, -0.05) is 12.1 Å². The lowest BCUT2D eigenvalue weighted by Gasteiger charge is -2.17. The Kier molecular flexibility index (Phi) is 5.73. The number of carboxylic acids is 1. The van der Waals surface area contributed by atoms with Gasteiger partial charge >= 0.3 is 5.97 Å². The van der Waals surface area contributed by atoms with Crippen LogP contribution in [0.3, 0.4) is 0 Å². The summed E-state index contributed by atoms with van der Waals surface area (Å²) in [5.41, 5.74) is -0.647. The molecule has 152 valence electrons. The first kappa shape index (κ1) is 20.5. The fourth-order valence-corrected chi connectivity index (χ4v) is 2.84. The second-order valence-corrected chi connectivity index (χ2v) is 6.30. The minimum Gasteiger partial charge on any atom is -0.481 e. The van der Waals surface area contributed by atoms with Gasteiger partial charge in [-0.25, -0.2) is 13.5 Å². The molecule has 0 spiro atoms. The van der Waals surface area contributed by atoms with E-state index >= 15 is 0 Å². The molecule has 1 aromatic heterocycles. The molecule has 2 aromatic carbocycles. The van der Waals surface area contributed by atoms with Crippen LogP contribution in [0.1, 0.15) is 34.1 Å². The van der Waals surface area contributed by atoms with Crippen LogP contribution in [-0.2, 0) is 4.79 Å². The molecule has 3 aromatic rings.